The second-order valence-electron chi connectivity index (χ2n) is 6.57. The van der Waals surface area contributed by atoms with Crippen molar-refractivity contribution in [2.45, 2.75) is 12.8 Å². The van der Waals surface area contributed by atoms with E-state index in [9.17, 15) is 9.59 Å². The summed E-state index contributed by atoms with van der Waals surface area (Å²) in [4.78, 5) is 26.4. The summed E-state index contributed by atoms with van der Waals surface area (Å²) in [6.07, 6.45) is 3.19. The second-order valence-corrected chi connectivity index (χ2v) is 6.57. The number of hydrogen-bond donors (Lipinski definition) is 1. The highest BCUT2D eigenvalue weighted by Crippen LogP contribution is 2.23. The average Bonchev–Trinajstić information content (AvgIpc) is 3.35. The lowest BCUT2D eigenvalue weighted by Gasteiger charge is -2.31. The van der Waals surface area contributed by atoms with Gasteiger partial charge in [0.25, 0.3) is 11.8 Å². The molecule has 3 heterocycles. The molecular weight excluding hydrogens is 332 g/mol. The number of para-hydroxylation sites is 1. The van der Waals surface area contributed by atoms with Crippen LogP contribution in [0.4, 0.5) is 0 Å². The van der Waals surface area contributed by atoms with E-state index < -0.39 is 0 Å². The number of nitrogens with one attached hydrogen (secondary N) is 1. The van der Waals surface area contributed by atoms with Gasteiger partial charge in [0.05, 0.1) is 6.26 Å². The Morgan fingerprint density at radius 3 is 2.62 bits per heavy atom. The number of benzene rings is 1. The minimum Gasteiger partial charge on any atom is -0.459 e. The van der Waals surface area contributed by atoms with Crippen LogP contribution in [-0.4, -0.2) is 36.3 Å². The summed E-state index contributed by atoms with van der Waals surface area (Å²) in [6, 6.07) is 12.7. The number of hydrogen-bond acceptors (Lipinski definition) is 4. The zero-order valence-electron chi connectivity index (χ0n) is 14.3. The number of carbonyl (C=O) groups is 2. The quantitative estimate of drug-likeness (QED) is 0.782. The van der Waals surface area contributed by atoms with Crippen LogP contribution in [0.2, 0.25) is 0 Å². The van der Waals surface area contributed by atoms with E-state index in [1.54, 1.807) is 18.2 Å². The number of amides is 2. The third-order valence-electron chi connectivity index (χ3n) is 4.83. The molecular formula is C20H20N2O4. The summed E-state index contributed by atoms with van der Waals surface area (Å²) >= 11 is 0. The molecule has 0 saturated carbocycles. The van der Waals surface area contributed by atoms with E-state index in [1.807, 2.05) is 29.2 Å². The zero-order valence-corrected chi connectivity index (χ0v) is 14.3. The van der Waals surface area contributed by atoms with Crippen LogP contribution in [0.15, 0.2) is 57.6 Å². The van der Waals surface area contributed by atoms with E-state index in [0.29, 0.717) is 37.1 Å². The molecule has 134 valence electrons. The van der Waals surface area contributed by atoms with Crippen LogP contribution < -0.4 is 5.32 Å². The molecule has 2 amide bonds. The number of fused-ring (bicyclic) bond motifs is 1. The molecule has 0 bridgehead atoms. The number of furan rings is 2. The molecule has 26 heavy (non-hydrogen) atoms. The summed E-state index contributed by atoms with van der Waals surface area (Å²) in [6.45, 7) is 1.92. The summed E-state index contributed by atoms with van der Waals surface area (Å²) in [7, 11) is 0. The van der Waals surface area contributed by atoms with E-state index >= 15 is 0 Å². The largest absolute Gasteiger partial charge is 0.459 e. The van der Waals surface area contributed by atoms with Crippen LogP contribution >= 0.6 is 0 Å². The third kappa shape index (κ3) is 3.35. The smallest absolute Gasteiger partial charge is 0.289 e. The molecule has 1 aliphatic heterocycles. The van der Waals surface area contributed by atoms with Crippen molar-refractivity contribution < 1.29 is 18.4 Å². The maximum absolute atomic E-state index is 12.6. The minimum atomic E-state index is -0.198. The van der Waals surface area contributed by atoms with E-state index in [2.05, 4.69) is 5.32 Å². The van der Waals surface area contributed by atoms with Crippen molar-refractivity contribution >= 4 is 22.8 Å². The Morgan fingerprint density at radius 2 is 1.88 bits per heavy atom. The molecule has 4 rings (SSSR count). The van der Waals surface area contributed by atoms with Crippen molar-refractivity contribution in [1.82, 2.24) is 10.2 Å². The monoisotopic (exact) mass is 352 g/mol. The Morgan fingerprint density at radius 1 is 1.08 bits per heavy atom. The Bertz CT molecular complexity index is 872. The first-order valence-electron chi connectivity index (χ1n) is 8.80. The predicted molar refractivity (Wildman–Crippen MR) is 95.9 cm³/mol. The first-order chi connectivity index (χ1) is 12.7. The number of piperidine rings is 1. The van der Waals surface area contributed by atoms with Crippen molar-refractivity contribution in [2.24, 2.45) is 5.92 Å². The van der Waals surface area contributed by atoms with Crippen LogP contribution in [0.3, 0.4) is 0 Å². The van der Waals surface area contributed by atoms with E-state index in [1.165, 1.54) is 6.26 Å². The third-order valence-corrected chi connectivity index (χ3v) is 4.83. The Kier molecular flexibility index (Phi) is 4.48. The molecule has 1 fully saturated rings. The highest BCUT2D eigenvalue weighted by atomic mass is 16.3. The van der Waals surface area contributed by atoms with Gasteiger partial charge >= 0.3 is 0 Å². The fourth-order valence-corrected chi connectivity index (χ4v) is 3.32. The van der Waals surface area contributed by atoms with Gasteiger partial charge in [0.1, 0.15) is 5.58 Å². The number of rotatable bonds is 4. The maximum Gasteiger partial charge on any atom is 0.289 e. The van der Waals surface area contributed by atoms with Gasteiger partial charge in [-0.15, -0.1) is 0 Å². The van der Waals surface area contributed by atoms with Crippen LogP contribution in [-0.2, 0) is 0 Å². The lowest BCUT2D eigenvalue weighted by molar-refractivity contribution is 0.0655. The first kappa shape index (κ1) is 16.4. The summed E-state index contributed by atoms with van der Waals surface area (Å²) < 4.78 is 10.8. The van der Waals surface area contributed by atoms with E-state index in [-0.39, 0.29) is 11.8 Å². The summed E-state index contributed by atoms with van der Waals surface area (Å²) in [5.41, 5.74) is 0.728. The average molecular weight is 352 g/mol. The summed E-state index contributed by atoms with van der Waals surface area (Å²) in [5.74, 6) is 0.793. The second kappa shape index (κ2) is 7.07. The molecule has 1 N–H and O–H groups in total. The first-order valence-corrected chi connectivity index (χ1v) is 8.80. The number of nitrogens with zero attached hydrogens (tertiary/aromatic N) is 1. The highest BCUT2D eigenvalue weighted by molar-refractivity contribution is 5.96. The molecule has 1 aliphatic rings. The fraction of sp³-hybridized carbons (Fsp3) is 0.300. The van der Waals surface area contributed by atoms with Gasteiger partial charge in [0.15, 0.2) is 11.5 Å². The molecule has 6 heteroatoms. The molecule has 0 radical (unpaired) electrons. The Hall–Kier alpha value is -3.02. The lowest BCUT2D eigenvalue weighted by Crippen LogP contribution is -2.41. The van der Waals surface area contributed by atoms with Crippen molar-refractivity contribution in [1.29, 1.82) is 0 Å². The van der Waals surface area contributed by atoms with E-state index in [0.717, 1.165) is 23.8 Å². The molecule has 0 spiro atoms. The van der Waals surface area contributed by atoms with Crippen molar-refractivity contribution in [3.63, 3.8) is 0 Å². The van der Waals surface area contributed by atoms with Gasteiger partial charge in [-0.1, -0.05) is 18.2 Å². The SMILES string of the molecule is O=C(NCC1CCN(C(=O)c2cc3ccccc3o2)CC1)c1ccco1. The van der Waals surface area contributed by atoms with Crippen LogP contribution in [0.25, 0.3) is 11.0 Å². The Balaban J connectivity index is 1.30. The van der Waals surface area contributed by atoms with Gasteiger partial charge in [-0.2, -0.15) is 0 Å². The molecule has 0 aliphatic carbocycles. The normalized spacial score (nSPS) is 15.3. The highest BCUT2D eigenvalue weighted by Gasteiger charge is 2.26. The van der Waals surface area contributed by atoms with Crippen molar-refractivity contribution in [2.75, 3.05) is 19.6 Å². The van der Waals surface area contributed by atoms with Crippen LogP contribution in [0, 0.1) is 5.92 Å². The number of carbonyl (C=O) groups excluding carboxylic acids is 2. The van der Waals surface area contributed by atoms with Crippen LogP contribution in [0.5, 0.6) is 0 Å². The van der Waals surface area contributed by atoms with Gasteiger partial charge < -0.3 is 19.1 Å². The summed E-state index contributed by atoms with van der Waals surface area (Å²) in [5, 5.41) is 3.83. The topological polar surface area (TPSA) is 75.7 Å². The van der Waals surface area contributed by atoms with Crippen molar-refractivity contribution in [3.8, 4) is 0 Å². The molecule has 1 aromatic carbocycles. The Labute approximate surface area is 150 Å². The van der Waals surface area contributed by atoms with Gasteiger partial charge in [0, 0.05) is 25.0 Å². The molecule has 2 aromatic heterocycles. The molecule has 0 unspecified atom stereocenters. The fourth-order valence-electron chi connectivity index (χ4n) is 3.32. The molecule has 6 nitrogen and oxygen atoms in total. The van der Waals surface area contributed by atoms with Gasteiger partial charge in [0.2, 0.25) is 0 Å². The minimum absolute atomic E-state index is 0.0701. The zero-order chi connectivity index (χ0) is 17.9. The van der Waals surface area contributed by atoms with Crippen LogP contribution in [0.1, 0.15) is 34.0 Å². The van der Waals surface area contributed by atoms with Gasteiger partial charge in [-0.05, 0) is 43.0 Å². The standard InChI is InChI=1S/C20H20N2O4/c23-19(17-6-3-11-25-17)21-13-14-7-9-22(10-8-14)20(24)18-12-15-4-1-2-5-16(15)26-18/h1-6,11-12,14H,7-10,13H2,(H,21,23). The molecule has 1 saturated heterocycles. The predicted octanol–water partition coefficient (Wildman–Crippen LogP) is 3.31. The number of likely N-dealkylation sites (tertiary alicyclic amines) is 1. The van der Waals surface area contributed by atoms with Gasteiger partial charge in [-0.25, -0.2) is 0 Å². The lowest BCUT2D eigenvalue weighted by atomic mass is 9.96. The molecule has 0 atom stereocenters. The van der Waals surface area contributed by atoms with Crippen molar-refractivity contribution in [3.05, 3.63) is 60.2 Å². The molecule has 3 aromatic rings. The van der Waals surface area contributed by atoms with E-state index in [4.69, 9.17) is 8.83 Å². The van der Waals surface area contributed by atoms with Gasteiger partial charge in [-0.3, -0.25) is 9.59 Å². The maximum atomic E-state index is 12.6.